The van der Waals surface area contributed by atoms with Gasteiger partial charge >= 0.3 is 0 Å². The molecular weight excluding hydrogens is 362 g/mol. The molecule has 0 radical (unpaired) electrons. The van der Waals surface area contributed by atoms with E-state index in [4.69, 9.17) is 16.9 Å². The van der Waals surface area contributed by atoms with Crippen LogP contribution in [0, 0.1) is 18.3 Å². The Morgan fingerprint density at radius 1 is 1.19 bits per heavy atom. The highest BCUT2D eigenvalue weighted by Gasteiger charge is 2.06. The molecular formula is C20H16ClN5O. The van der Waals surface area contributed by atoms with Gasteiger partial charge in [-0.05, 0) is 43.3 Å². The molecule has 0 aliphatic rings. The molecule has 1 aromatic heterocycles. The number of hydrogen-bond donors (Lipinski definition) is 2. The van der Waals surface area contributed by atoms with Crippen LogP contribution < -0.4 is 10.6 Å². The number of carbonyl (C=O) groups excluding carboxylic acids is 1. The SMILES string of the molecule is Cc1nccc(-c2cccc(NCC(=O)Nc3ccc(C#N)c(Cl)c3)c2)n1. The summed E-state index contributed by atoms with van der Waals surface area (Å²) in [6, 6.07) is 16.2. The summed E-state index contributed by atoms with van der Waals surface area (Å²) >= 11 is 5.97. The maximum Gasteiger partial charge on any atom is 0.243 e. The molecule has 0 aliphatic heterocycles. The number of rotatable bonds is 5. The van der Waals surface area contributed by atoms with Crippen LogP contribution in [0.25, 0.3) is 11.3 Å². The van der Waals surface area contributed by atoms with Gasteiger partial charge in [0, 0.05) is 23.1 Å². The zero-order valence-electron chi connectivity index (χ0n) is 14.5. The molecule has 7 heteroatoms. The van der Waals surface area contributed by atoms with E-state index in [1.165, 1.54) is 0 Å². The molecule has 27 heavy (non-hydrogen) atoms. The van der Waals surface area contributed by atoms with Crippen LogP contribution in [0.5, 0.6) is 0 Å². The van der Waals surface area contributed by atoms with Crippen LogP contribution >= 0.6 is 11.6 Å². The average molecular weight is 378 g/mol. The minimum absolute atomic E-state index is 0.0872. The first-order chi connectivity index (χ1) is 13.0. The molecule has 1 heterocycles. The number of amides is 1. The first-order valence-electron chi connectivity index (χ1n) is 8.18. The number of benzene rings is 2. The van der Waals surface area contributed by atoms with Gasteiger partial charge in [0.05, 0.1) is 22.8 Å². The maximum atomic E-state index is 12.1. The Bertz CT molecular complexity index is 1030. The van der Waals surface area contributed by atoms with E-state index in [-0.39, 0.29) is 12.5 Å². The number of carbonyl (C=O) groups is 1. The average Bonchev–Trinajstić information content (AvgIpc) is 2.67. The number of halogens is 1. The fourth-order valence-corrected chi connectivity index (χ4v) is 2.70. The van der Waals surface area contributed by atoms with Gasteiger partial charge in [-0.1, -0.05) is 23.7 Å². The van der Waals surface area contributed by atoms with E-state index in [0.717, 1.165) is 16.9 Å². The third-order valence-electron chi connectivity index (χ3n) is 3.76. The summed E-state index contributed by atoms with van der Waals surface area (Å²) in [5.41, 5.74) is 3.46. The Morgan fingerprint density at radius 3 is 2.78 bits per heavy atom. The quantitative estimate of drug-likeness (QED) is 0.700. The molecule has 0 saturated heterocycles. The molecule has 0 fully saturated rings. The number of nitrogens with zero attached hydrogens (tertiary/aromatic N) is 3. The van der Waals surface area contributed by atoms with Crippen LogP contribution in [0.2, 0.25) is 5.02 Å². The highest BCUT2D eigenvalue weighted by Crippen LogP contribution is 2.21. The maximum absolute atomic E-state index is 12.1. The predicted molar refractivity (Wildman–Crippen MR) is 105 cm³/mol. The minimum atomic E-state index is -0.223. The molecule has 6 nitrogen and oxygen atoms in total. The van der Waals surface area contributed by atoms with Crippen molar-refractivity contribution in [2.75, 3.05) is 17.2 Å². The van der Waals surface area contributed by atoms with Gasteiger partial charge in [0.15, 0.2) is 0 Å². The second kappa shape index (κ2) is 8.30. The number of hydrogen-bond acceptors (Lipinski definition) is 5. The Labute approximate surface area is 161 Å². The van der Waals surface area contributed by atoms with Crippen molar-refractivity contribution in [1.82, 2.24) is 9.97 Å². The summed E-state index contributed by atoms with van der Waals surface area (Å²) in [5, 5.41) is 15.0. The molecule has 0 atom stereocenters. The fraction of sp³-hybridized carbons (Fsp3) is 0.100. The molecule has 0 spiro atoms. The minimum Gasteiger partial charge on any atom is -0.376 e. The van der Waals surface area contributed by atoms with Gasteiger partial charge in [0.1, 0.15) is 11.9 Å². The van der Waals surface area contributed by atoms with Crippen LogP contribution in [0.4, 0.5) is 11.4 Å². The monoisotopic (exact) mass is 377 g/mol. The van der Waals surface area contributed by atoms with Gasteiger partial charge < -0.3 is 10.6 Å². The van der Waals surface area contributed by atoms with E-state index < -0.39 is 0 Å². The zero-order valence-corrected chi connectivity index (χ0v) is 15.3. The predicted octanol–water partition coefficient (Wildman–Crippen LogP) is 4.03. The van der Waals surface area contributed by atoms with Crippen molar-refractivity contribution in [3.05, 3.63) is 71.1 Å². The number of nitrogens with one attached hydrogen (secondary N) is 2. The molecule has 1 amide bonds. The molecule has 3 rings (SSSR count). The molecule has 3 aromatic rings. The fourth-order valence-electron chi connectivity index (χ4n) is 2.48. The molecule has 0 aliphatic carbocycles. The standard InChI is InChI=1S/C20H16ClN5O/c1-13-23-8-7-19(25-13)14-3-2-4-16(9-14)24-12-20(27)26-17-6-5-15(11-22)18(21)10-17/h2-10,24H,12H2,1H3,(H,26,27). The zero-order chi connectivity index (χ0) is 19.2. The Hall–Kier alpha value is -3.43. The lowest BCUT2D eigenvalue weighted by molar-refractivity contribution is -0.114. The van der Waals surface area contributed by atoms with Gasteiger partial charge in [0.2, 0.25) is 5.91 Å². The summed E-state index contributed by atoms with van der Waals surface area (Å²) in [4.78, 5) is 20.7. The molecule has 0 bridgehead atoms. The number of nitriles is 1. The van der Waals surface area contributed by atoms with Crippen molar-refractivity contribution in [2.45, 2.75) is 6.92 Å². The van der Waals surface area contributed by atoms with Crippen LogP contribution in [0.3, 0.4) is 0 Å². The molecule has 2 aromatic carbocycles. The largest absolute Gasteiger partial charge is 0.376 e. The summed E-state index contributed by atoms with van der Waals surface area (Å²) < 4.78 is 0. The van der Waals surface area contributed by atoms with Crippen LogP contribution in [-0.2, 0) is 4.79 Å². The second-order valence-corrected chi connectivity index (χ2v) is 6.19. The first kappa shape index (κ1) is 18.4. The topological polar surface area (TPSA) is 90.7 Å². The molecule has 0 unspecified atom stereocenters. The lowest BCUT2D eigenvalue weighted by atomic mass is 10.1. The highest BCUT2D eigenvalue weighted by atomic mass is 35.5. The lowest BCUT2D eigenvalue weighted by Gasteiger charge is -2.10. The van der Waals surface area contributed by atoms with Crippen molar-refractivity contribution in [3.8, 4) is 17.3 Å². The summed E-state index contributed by atoms with van der Waals surface area (Å²) in [6.07, 6.45) is 1.72. The van der Waals surface area contributed by atoms with E-state index in [2.05, 4.69) is 20.6 Å². The Kier molecular flexibility index (Phi) is 5.64. The second-order valence-electron chi connectivity index (χ2n) is 5.78. The number of anilines is 2. The van der Waals surface area contributed by atoms with Crippen molar-refractivity contribution >= 4 is 28.9 Å². The van der Waals surface area contributed by atoms with Gasteiger partial charge in [-0.15, -0.1) is 0 Å². The third-order valence-corrected chi connectivity index (χ3v) is 4.07. The molecule has 0 saturated carbocycles. The van der Waals surface area contributed by atoms with Crippen LogP contribution in [0.15, 0.2) is 54.7 Å². The van der Waals surface area contributed by atoms with Crippen molar-refractivity contribution < 1.29 is 4.79 Å². The van der Waals surface area contributed by atoms with Gasteiger partial charge in [-0.3, -0.25) is 4.79 Å². The Morgan fingerprint density at radius 2 is 2.04 bits per heavy atom. The summed E-state index contributed by atoms with van der Waals surface area (Å²) in [7, 11) is 0. The van der Waals surface area contributed by atoms with E-state index in [9.17, 15) is 4.79 Å². The van der Waals surface area contributed by atoms with Crippen LogP contribution in [0.1, 0.15) is 11.4 Å². The molecule has 134 valence electrons. The first-order valence-corrected chi connectivity index (χ1v) is 8.56. The van der Waals surface area contributed by atoms with Gasteiger partial charge in [-0.2, -0.15) is 5.26 Å². The van der Waals surface area contributed by atoms with Crippen molar-refractivity contribution in [3.63, 3.8) is 0 Å². The van der Waals surface area contributed by atoms with E-state index >= 15 is 0 Å². The van der Waals surface area contributed by atoms with E-state index in [1.807, 2.05) is 43.3 Å². The third kappa shape index (κ3) is 4.81. The normalized spacial score (nSPS) is 10.1. The molecule has 2 N–H and O–H groups in total. The van der Waals surface area contributed by atoms with Gasteiger partial charge in [0.25, 0.3) is 0 Å². The van der Waals surface area contributed by atoms with Gasteiger partial charge in [-0.25, -0.2) is 9.97 Å². The van der Waals surface area contributed by atoms with Crippen LogP contribution in [-0.4, -0.2) is 22.4 Å². The highest BCUT2D eigenvalue weighted by molar-refractivity contribution is 6.32. The number of aryl methyl sites for hydroxylation is 1. The van der Waals surface area contributed by atoms with Crippen molar-refractivity contribution in [2.24, 2.45) is 0 Å². The van der Waals surface area contributed by atoms with E-state index in [1.54, 1.807) is 24.4 Å². The number of aromatic nitrogens is 2. The summed E-state index contributed by atoms with van der Waals surface area (Å²) in [6.45, 7) is 1.93. The lowest BCUT2D eigenvalue weighted by Crippen LogP contribution is -2.21. The summed E-state index contributed by atoms with van der Waals surface area (Å²) in [5.74, 6) is 0.477. The van der Waals surface area contributed by atoms with Crippen molar-refractivity contribution in [1.29, 1.82) is 5.26 Å². The Balaban J connectivity index is 1.63. The smallest absolute Gasteiger partial charge is 0.243 e. The van der Waals surface area contributed by atoms with E-state index in [0.29, 0.717) is 22.1 Å².